The number of nitrogens with zero attached hydrogens (tertiary/aromatic N) is 1. The summed E-state index contributed by atoms with van der Waals surface area (Å²) in [6.45, 7) is 11.5. The van der Waals surface area contributed by atoms with Crippen molar-refractivity contribution in [3.05, 3.63) is 69.0 Å². The number of nitrogens with one attached hydrogen (secondary N) is 1. The smallest absolute Gasteiger partial charge is 0.330 e. The van der Waals surface area contributed by atoms with Crippen molar-refractivity contribution in [3.63, 3.8) is 0 Å². The summed E-state index contributed by atoms with van der Waals surface area (Å²) in [6, 6.07) is 11.1. The Kier molecular flexibility index (Phi) is 8.66. The number of H-pyrrole nitrogens is 1. The molecule has 0 unspecified atom stereocenters. The van der Waals surface area contributed by atoms with Gasteiger partial charge in [-0.15, -0.1) is 0 Å². The molecule has 2 aromatic rings. The second-order valence-electron chi connectivity index (χ2n) is 9.95. The van der Waals surface area contributed by atoms with Crippen molar-refractivity contribution >= 4 is 8.32 Å². The molecule has 0 bridgehead atoms. The topological polar surface area (TPSA) is 101 Å². The summed E-state index contributed by atoms with van der Waals surface area (Å²) in [6.07, 6.45) is -0.903. The van der Waals surface area contributed by atoms with Gasteiger partial charge >= 0.3 is 5.69 Å². The molecule has 1 saturated heterocycles. The molecule has 1 aliphatic heterocycles. The molecule has 1 fully saturated rings. The third-order valence-electron chi connectivity index (χ3n) is 6.48. The average Bonchev–Trinajstić information content (AvgIpc) is 3.09. The molecular weight excluding hydrogens is 456 g/mol. The molecule has 0 aliphatic carbocycles. The number of hydrogen-bond acceptors (Lipinski definition) is 7. The Bertz CT molecular complexity index is 1030. The van der Waals surface area contributed by atoms with Gasteiger partial charge in [0.25, 0.3) is 5.56 Å². The Balaban J connectivity index is 1.74. The zero-order chi connectivity index (χ0) is 24.9. The van der Waals surface area contributed by atoms with E-state index in [-0.39, 0.29) is 18.4 Å². The third-order valence-corrected chi connectivity index (χ3v) is 11.0. The van der Waals surface area contributed by atoms with E-state index in [9.17, 15) is 9.59 Å². The second-order valence-corrected chi connectivity index (χ2v) is 14.7. The number of benzene rings is 1. The summed E-state index contributed by atoms with van der Waals surface area (Å²) in [4.78, 5) is 26.3. The van der Waals surface area contributed by atoms with Crippen molar-refractivity contribution in [2.24, 2.45) is 0 Å². The molecule has 9 nitrogen and oxygen atoms in total. The van der Waals surface area contributed by atoms with Crippen LogP contribution in [0.15, 0.2) is 52.2 Å². The lowest BCUT2D eigenvalue weighted by Gasteiger charge is -2.40. The maximum atomic E-state index is 12.5. The van der Waals surface area contributed by atoms with E-state index < -0.39 is 44.1 Å². The van der Waals surface area contributed by atoms with Crippen LogP contribution < -0.4 is 11.2 Å². The summed E-state index contributed by atoms with van der Waals surface area (Å²) < 4.78 is 31.5. The maximum Gasteiger partial charge on any atom is 0.330 e. The number of hydrogen-bond donors (Lipinski definition) is 1. The van der Waals surface area contributed by atoms with Crippen molar-refractivity contribution in [1.82, 2.24) is 9.55 Å². The number of rotatable bonds is 10. The average molecular weight is 493 g/mol. The fraction of sp³-hybridized carbons (Fsp3) is 0.583. The monoisotopic (exact) mass is 492 g/mol. The van der Waals surface area contributed by atoms with Crippen LogP contribution in [0, 0.1) is 0 Å². The highest BCUT2D eigenvalue weighted by atomic mass is 28.4. The van der Waals surface area contributed by atoms with Gasteiger partial charge in [-0.05, 0) is 23.7 Å². The first-order valence-electron chi connectivity index (χ1n) is 11.4. The zero-order valence-corrected chi connectivity index (χ0v) is 21.8. The molecule has 1 N–H and O–H groups in total. The molecule has 0 amide bonds. The van der Waals surface area contributed by atoms with E-state index in [1.54, 1.807) is 7.11 Å². The largest absolute Gasteiger partial charge is 0.408 e. The molecule has 4 atom stereocenters. The van der Waals surface area contributed by atoms with Gasteiger partial charge in [0, 0.05) is 19.4 Å². The molecule has 2 heterocycles. The zero-order valence-electron chi connectivity index (χ0n) is 20.8. The van der Waals surface area contributed by atoms with Gasteiger partial charge in [0.1, 0.15) is 25.1 Å². The van der Waals surface area contributed by atoms with Crippen LogP contribution in [0.4, 0.5) is 0 Å². The van der Waals surface area contributed by atoms with Crippen molar-refractivity contribution < 1.29 is 23.4 Å². The van der Waals surface area contributed by atoms with Gasteiger partial charge in [-0.25, -0.2) is 4.79 Å². The van der Waals surface area contributed by atoms with Crippen molar-refractivity contribution in [2.75, 3.05) is 20.5 Å². The Morgan fingerprint density at radius 2 is 1.76 bits per heavy atom. The summed E-state index contributed by atoms with van der Waals surface area (Å²) in [5, 5.41) is -0.0393. The van der Waals surface area contributed by atoms with Gasteiger partial charge in [-0.3, -0.25) is 14.3 Å². The molecule has 3 rings (SSSR count). The van der Waals surface area contributed by atoms with Crippen LogP contribution >= 0.6 is 0 Å². The van der Waals surface area contributed by atoms with Crippen molar-refractivity contribution in [3.8, 4) is 0 Å². The van der Waals surface area contributed by atoms with Crippen LogP contribution in [0.5, 0.6) is 0 Å². The Hall–Kier alpha value is -2.08. The third kappa shape index (κ3) is 6.32. The summed E-state index contributed by atoms with van der Waals surface area (Å²) in [7, 11) is -0.652. The number of methoxy groups -OCH3 is 1. The van der Waals surface area contributed by atoms with Crippen LogP contribution in [0.2, 0.25) is 18.1 Å². The van der Waals surface area contributed by atoms with E-state index in [4.69, 9.17) is 23.4 Å². The predicted octanol–water partition coefficient (Wildman–Crippen LogP) is 3.03. The van der Waals surface area contributed by atoms with Crippen LogP contribution in [0.25, 0.3) is 0 Å². The second kappa shape index (κ2) is 11.1. The number of aromatic nitrogens is 2. The van der Waals surface area contributed by atoms with Gasteiger partial charge in [-0.1, -0.05) is 51.1 Å². The van der Waals surface area contributed by atoms with E-state index in [1.807, 2.05) is 30.3 Å². The molecular formula is C24H36N2O7Si. The minimum absolute atomic E-state index is 0.0393. The first-order valence-corrected chi connectivity index (χ1v) is 14.3. The SMILES string of the molecule is CO[C@@H]1[C@H](O[Si](C)(C)C(C)(C)C)[C@@H](COCOCc2ccccc2)O[C@H]1n1ccc(=O)[nH]c1=O. The number of aromatic amines is 1. The molecule has 188 valence electrons. The van der Waals surface area contributed by atoms with E-state index in [0.29, 0.717) is 6.61 Å². The van der Waals surface area contributed by atoms with E-state index in [2.05, 4.69) is 38.8 Å². The first kappa shape index (κ1) is 26.5. The van der Waals surface area contributed by atoms with Gasteiger partial charge < -0.3 is 23.4 Å². The van der Waals surface area contributed by atoms with Gasteiger partial charge in [-0.2, -0.15) is 0 Å². The molecule has 10 heteroatoms. The Morgan fingerprint density at radius 3 is 2.38 bits per heavy atom. The van der Waals surface area contributed by atoms with E-state index in [0.717, 1.165) is 5.56 Å². The lowest BCUT2D eigenvalue weighted by Crippen LogP contribution is -2.50. The molecule has 1 aliphatic rings. The van der Waals surface area contributed by atoms with Crippen LogP contribution in [-0.2, 0) is 30.0 Å². The van der Waals surface area contributed by atoms with E-state index in [1.165, 1.54) is 16.8 Å². The fourth-order valence-electron chi connectivity index (χ4n) is 3.56. The lowest BCUT2D eigenvalue weighted by atomic mass is 10.1. The molecule has 1 aromatic carbocycles. The van der Waals surface area contributed by atoms with Crippen LogP contribution in [0.1, 0.15) is 32.6 Å². The quantitative estimate of drug-likeness (QED) is 0.309. The minimum atomic E-state index is -2.21. The van der Waals surface area contributed by atoms with Gasteiger partial charge in [0.05, 0.1) is 13.2 Å². The molecule has 0 spiro atoms. The Labute approximate surface area is 201 Å². The highest BCUT2D eigenvalue weighted by Crippen LogP contribution is 2.41. The molecule has 0 saturated carbocycles. The van der Waals surface area contributed by atoms with Crippen molar-refractivity contribution in [2.45, 2.75) is 70.1 Å². The summed E-state index contributed by atoms with van der Waals surface area (Å²) in [5.74, 6) is 0. The Morgan fingerprint density at radius 1 is 1.06 bits per heavy atom. The predicted molar refractivity (Wildman–Crippen MR) is 130 cm³/mol. The van der Waals surface area contributed by atoms with E-state index >= 15 is 0 Å². The van der Waals surface area contributed by atoms with Crippen LogP contribution in [-0.4, -0.2) is 56.7 Å². The maximum absolute atomic E-state index is 12.5. The standard InChI is InChI=1S/C24H36N2O7Si/c1-24(2,3)34(5,6)33-20-18(15-31-16-30-14-17-10-8-7-9-11-17)32-22(21(20)29-4)26-13-12-19(27)25-23(26)28/h7-13,18,20-22H,14-16H2,1-6H3,(H,25,27,28)/t18-,20-,21-,22-/m1/s1. The minimum Gasteiger partial charge on any atom is -0.408 e. The highest BCUT2D eigenvalue weighted by Gasteiger charge is 2.51. The molecule has 0 radical (unpaired) electrons. The fourth-order valence-corrected chi connectivity index (χ4v) is 4.88. The molecule has 1 aromatic heterocycles. The van der Waals surface area contributed by atoms with Crippen LogP contribution in [0.3, 0.4) is 0 Å². The lowest BCUT2D eigenvalue weighted by molar-refractivity contribution is -0.114. The van der Waals surface area contributed by atoms with Crippen molar-refractivity contribution in [1.29, 1.82) is 0 Å². The number of ether oxygens (including phenoxy) is 4. The summed E-state index contributed by atoms with van der Waals surface area (Å²) >= 11 is 0. The van der Waals surface area contributed by atoms with Gasteiger partial charge in [0.2, 0.25) is 0 Å². The first-order chi connectivity index (χ1) is 16.0. The normalized spacial score (nSPS) is 23.4. The van der Waals surface area contributed by atoms with Gasteiger partial charge in [0.15, 0.2) is 14.5 Å². The molecule has 34 heavy (non-hydrogen) atoms. The highest BCUT2D eigenvalue weighted by molar-refractivity contribution is 6.74. The summed E-state index contributed by atoms with van der Waals surface area (Å²) in [5.41, 5.74) is 0.00966.